The normalized spacial score (nSPS) is 10.5. The summed E-state index contributed by atoms with van der Waals surface area (Å²) in [7, 11) is 4.75. The number of methoxy groups -OCH3 is 3. The number of nitrogens with one attached hydrogen (secondary N) is 1. The summed E-state index contributed by atoms with van der Waals surface area (Å²) in [5.74, 6) is 2.39. The minimum absolute atomic E-state index is 0.196. The molecule has 0 saturated carbocycles. The predicted molar refractivity (Wildman–Crippen MR) is 105 cm³/mol. The molecule has 0 aliphatic heterocycles. The monoisotopic (exact) mass is 371 g/mol. The third-order valence-electron chi connectivity index (χ3n) is 3.83. The van der Waals surface area contributed by atoms with Crippen LogP contribution in [0.5, 0.6) is 23.0 Å². The predicted octanol–water partition coefficient (Wildman–Crippen LogP) is 3.44. The van der Waals surface area contributed by atoms with Crippen LogP contribution in [0.1, 0.15) is 18.1 Å². The number of rotatable bonds is 9. The summed E-state index contributed by atoms with van der Waals surface area (Å²) in [5.41, 5.74) is 1.76. The molecule has 0 radical (unpaired) electrons. The number of benzene rings is 2. The second kappa shape index (κ2) is 10.1. The summed E-state index contributed by atoms with van der Waals surface area (Å²) in [6.07, 6.45) is 3.21. The number of ether oxygens (including phenoxy) is 4. The van der Waals surface area contributed by atoms with E-state index in [1.54, 1.807) is 27.4 Å². The third kappa shape index (κ3) is 5.67. The Hall–Kier alpha value is -3.15. The molecule has 2 aromatic carbocycles. The van der Waals surface area contributed by atoms with Gasteiger partial charge >= 0.3 is 0 Å². The van der Waals surface area contributed by atoms with Crippen molar-refractivity contribution in [3.05, 3.63) is 53.6 Å². The third-order valence-corrected chi connectivity index (χ3v) is 3.83. The lowest BCUT2D eigenvalue weighted by molar-refractivity contribution is -0.116. The molecule has 0 unspecified atom stereocenters. The molecular weight excluding hydrogens is 346 g/mol. The maximum absolute atomic E-state index is 12.1. The topological polar surface area (TPSA) is 66.0 Å². The molecule has 2 rings (SSSR count). The van der Waals surface area contributed by atoms with Crippen LogP contribution in [0.4, 0.5) is 0 Å². The van der Waals surface area contributed by atoms with Gasteiger partial charge in [0.2, 0.25) is 5.91 Å². The summed E-state index contributed by atoms with van der Waals surface area (Å²) >= 11 is 0. The molecule has 0 fully saturated rings. The highest BCUT2D eigenvalue weighted by molar-refractivity contribution is 5.91. The second-order valence-electron chi connectivity index (χ2n) is 5.58. The maximum atomic E-state index is 12.1. The van der Waals surface area contributed by atoms with E-state index >= 15 is 0 Å². The van der Waals surface area contributed by atoms with E-state index in [-0.39, 0.29) is 5.91 Å². The fourth-order valence-corrected chi connectivity index (χ4v) is 2.48. The van der Waals surface area contributed by atoms with Crippen molar-refractivity contribution in [1.29, 1.82) is 0 Å². The fourth-order valence-electron chi connectivity index (χ4n) is 2.48. The van der Waals surface area contributed by atoms with Gasteiger partial charge in [0, 0.05) is 12.6 Å². The van der Waals surface area contributed by atoms with E-state index in [4.69, 9.17) is 18.9 Å². The van der Waals surface area contributed by atoms with Gasteiger partial charge < -0.3 is 24.3 Å². The van der Waals surface area contributed by atoms with Crippen molar-refractivity contribution in [2.24, 2.45) is 0 Å². The van der Waals surface area contributed by atoms with E-state index in [0.29, 0.717) is 36.1 Å². The molecule has 0 aliphatic rings. The number of amides is 1. The lowest BCUT2D eigenvalue weighted by atomic mass is 10.1. The van der Waals surface area contributed by atoms with Gasteiger partial charge in [-0.15, -0.1) is 0 Å². The number of carbonyl (C=O) groups excluding carboxylic acids is 1. The smallest absolute Gasteiger partial charge is 0.244 e. The Morgan fingerprint density at radius 2 is 1.59 bits per heavy atom. The summed E-state index contributed by atoms with van der Waals surface area (Å²) in [6, 6.07) is 11.0. The first-order chi connectivity index (χ1) is 13.1. The van der Waals surface area contributed by atoms with Gasteiger partial charge in [0.15, 0.2) is 23.0 Å². The lowest BCUT2D eigenvalue weighted by Gasteiger charge is -2.10. The van der Waals surface area contributed by atoms with Crippen LogP contribution in [-0.2, 0) is 11.3 Å². The lowest BCUT2D eigenvalue weighted by Crippen LogP contribution is -2.20. The van der Waals surface area contributed by atoms with Gasteiger partial charge in [0.05, 0.1) is 27.9 Å². The molecule has 0 saturated heterocycles. The van der Waals surface area contributed by atoms with Crippen molar-refractivity contribution in [3.8, 4) is 23.0 Å². The van der Waals surface area contributed by atoms with E-state index in [1.807, 2.05) is 43.3 Å². The molecule has 0 spiro atoms. The van der Waals surface area contributed by atoms with Crippen molar-refractivity contribution in [3.63, 3.8) is 0 Å². The number of carbonyl (C=O) groups is 1. The molecule has 6 nitrogen and oxygen atoms in total. The van der Waals surface area contributed by atoms with Crippen LogP contribution in [0.15, 0.2) is 42.5 Å². The maximum Gasteiger partial charge on any atom is 0.244 e. The highest BCUT2D eigenvalue weighted by atomic mass is 16.5. The molecular formula is C21H25NO5. The first-order valence-electron chi connectivity index (χ1n) is 8.59. The standard InChI is InChI=1S/C21H25NO5/c1-5-27-20-12-15(6-9-18(20)25-3)8-11-21(23)22-14-16-7-10-17(24-2)19(13-16)26-4/h6-13H,5,14H2,1-4H3,(H,22,23)/b11-8+. The Kier molecular flexibility index (Phi) is 7.55. The molecule has 1 N–H and O–H groups in total. The van der Waals surface area contributed by atoms with Gasteiger partial charge in [-0.2, -0.15) is 0 Å². The number of hydrogen-bond donors (Lipinski definition) is 1. The zero-order valence-corrected chi connectivity index (χ0v) is 16.1. The van der Waals surface area contributed by atoms with E-state index in [9.17, 15) is 4.79 Å². The van der Waals surface area contributed by atoms with Crippen molar-refractivity contribution in [2.75, 3.05) is 27.9 Å². The van der Waals surface area contributed by atoms with Gasteiger partial charge in [-0.1, -0.05) is 12.1 Å². The average molecular weight is 371 g/mol. The molecule has 6 heteroatoms. The zero-order valence-electron chi connectivity index (χ0n) is 16.1. The van der Waals surface area contributed by atoms with Gasteiger partial charge in [-0.25, -0.2) is 0 Å². The Balaban J connectivity index is 1.98. The van der Waals surface area contributed by atoms with E-state index in [2.05, 4.69) is 5.32 Å². The van der Waals surface area contributed by atoms with Crippen LogP contribution >= 0.6 is 0 Å². The Labute approximate surface area is 159 Å². The molecule has 144 valence electrons. The molecule has 0 aromatic heterocycles. The largest absolute Gasteiger partial charge is 0.493 e. The summed E-state index contributed by atoms with van der Waals surface area (Å²) in [4.78, 5) is 12.1. The molecule has 27 heavy (non-hydrogen) atoms. The van der Waals surface area contributed by atoms with Crippen LogP contribution in [-0.4, -0.2) is 33.8 Å². The summed E-state index contributed by atoms with van der Waals surface area (Å²) < 4.78 is 21.3. The van der Waals surface area contributed by atoms with Crippen LogP contribution in [0.3, 0.4) is 0 Å². The minimum Gasteiger partial charge on any atom is -0.493 e. The molecule has 1 amide bonds. The van der Waals surface area contributed by atoms with Gasteiger partial charge in [-0.05, 0) is 48.4 Å². The van der Waals surface area contributed by atoms with Crippen molar-refractivity contribution in [2.45, 2.75) is 13.5 Å². The molecule has 0 heterocycles. The van der Waals surface area contributed by atoms with Crippen LogP contribution in [0, 0.1) is 0 Å². The first-order valence-corrected chi connectivity index (χ1v) is 8.59. The minimum atomic E-state index is -0.196. The Morgan fingerprint density at radius 3 is 2.26 bits per heavy atom. The van der Waals surface area contributed by atoms with Gasteiger partial charge in [0.25, 0.3) is 0 Å². The number of hydrogen-bond acceptors (Lipinski definition) is 5. The van der Waals surface area contributed by atoms with Crippen molar-refractivity contribution >= 4 is 12.0 Å². The highest BCUT2D eigenvalue weighted by Gasteiger charge is 2.06. The van der Waals surface area contributed by atoms with Crippen molar-refractivity contribution in [1.82, 2.24) is 5.32 Å². The summed E-state index contributed by atoms with van der Waals surface area (Å²) in [5, 5.41) is 2.84. The van der Waals surface area contributed by atoms with Gasteiger partial charge in [-0.3, -0.25) is 4.79 Å². The average Bonchev–Trinajstić information content (AvgIpc) is 2.70. The van der Waals surface area contributed by atoms with E-state index < -0.39 is 0 Å². The fraction of sp³-hybridized carbons (Fsp3) is 0.286. The molecule has 0 aliphatic carbocycles. The summed E-state index contributed by atoms with van der Waals surface area (Å²) in [6.45, 7) is 2.83. The quantitative estimate of drug-likeness (QED) is 0.684. The zero-order chi connectivity index (χ0) is 19.6. The van der Waals surface area contributed by atoms with E-state index in [0.717, 1.165) is 11.1 Å². The SMILES string of the molecule is CCOc1cc(/C=C/C(=O)NCc2ccc(OC)c(OC)c2)ccc1OC. The van der Waals surface area contributed by atoms with Crippen LogP contribution in [0.2, 0.25) is 0 Å². The molecule has 0 bridgehead atoms. The van der Waals surface area contributed by atoms with Crippen LogP contribution < -0.4 is 24.3 Å². The Morgan fingerprint density at radius 1 is 0.926 bits per heavy atom. The first kappa shape index (κ1) is 20.2. The van der Waals surface area contributed by atoms with Crippen molar-refractivity contribution < 1.29 is 23.7 Å². The Bertz CT molecular complexity index is 801. The molecule has 2 aromatic rings. The van der Waals surface area contributed by atoms with E-state index in [1.165, 1.54) is 6.08 Å². The van der Waals surface area contributed by atoms with Gasteiger partial charge in [0.1, 0.15) is 0 Å². The van der Waals surface area contributed by atoms with Crippen LogP contribution in [0.25, 0.3) is 6.08 Å². The molecule has 0 atom stereocenters. The second-order valence-corrected chi connectivity index (χ2v) is 5.58. The highest BCUT2D eigenvalue weighted by Crippen LogP contribution is 2.29.